The molecule has 1 unspecified atom stereocenters. The zero-order chi connectivity index (χ0) is 24.1. The van der Waals surface area contributed by atoms with Gasteiger partial charge in [-0.25, -0.2) is 0 Å². The van der Waals surface area contributed by atoms with Crippen molar-refractivity contribution >= 4 is 28.3 Å². The number of anilines is 1. The molecule has 1 atom stereocenters. The summed E-state index contributed by atoms with van der Waals surface area (Å²) in [5, 5.41) is 0.441. The van der Waals surface area contributed by atoms with Crippen LogP contribution in [0.25, 0.3) is 11.0 Å². The van der Waals surface area contributed by atoms with Gasteiger partial charge < -0.3 is 9.15 Å². The Morgan fingerprint density at radius 2 is 1.68 bits per heavy atom. The fourth-order valence-corrected chi connectivity index (χ4v) is 4.48. The van der Waals surface area contributed by atoms with Crippen molar-refractivity contribution in [3.8, 4) is 5.75 Å². The second-order valence-corrected chi connectivity index (χ2v) is 8.56. The van der Waals surface area contributed by atoms with Crippen LogP contribution in [0.15, 0.2) is 69.9 Å². The van der Waals surface area contributed by atoms with E-state index in [0.29, 0.717) is 33.5 Å². The number of carbonyl (C=O) groups excluding carboxylic acids is 2. The number of rotatable bonds is 4. The van der Waals surface area contributed by atoms with Gasteiger partial charge >= 0.3 is 0 Å². The Morgan fingerprint density at radius 1 is 0.971 bits per heavy atom. The van der Waals surface area contributed by atoms with Crippen LogP contribution in [0.3, 0.4) is 0 Å². The Labute approximate surface area is 196 Å². The third-order valence-corrected chi connectivity index (χ3v) is 6.45. The Hall–Kier alpha value is -4.19. The van der Waals surface area contributed by atoms with Gasteiger partial charge in [0.05, 0.1) is 24.1 Å². The third kappa shape index (κ3) is 3.30. The van der Waals surface area contributed by atoms with E-state index in [1.54, 1.807) is 42.3 Å². The summed E-state index contributed by atoms with van der Waals surface area (Å²) in [5.41, 5.74) is 4.21. The SMILES string of the molecule is COc1cccc(C2c3c(oc4cc(C)c(C)cc4c3=O)C(=O)N2c2ccc(C(C)=O)cc2)c1. The minimum Gasteiger partial charge on any atom is -0.497 e. The molecule has 34 heavy (non-hydrogen) atoms. The van der Waals surface area contributed by atoms with Crippen LogP contribution in [0.5, 0.6) is 5.75 Å². The van der Waals surface area contributed by atoms with Gasteiger partial charge in [-0.2, -0.15) is 0 Å². The topological polar surface area (TPSA) is 76.8 Å². The van der Waals surface area contributed by atoms with Crippen molar-refractivity contribution in [2.45, 2.75) is 26.8 Å². The molecule has 1 amide bonds. The van der Waals surface area contributed by atoms with Crippen molar-refractivity contribution in [1.82, 2.24) is 0 Å². The maximum absolute atomic E-state index is 13.8. The number of ketones is 1. The van der Waals surface area contributed by atoms with Crippen molar-refractivity contribution in [3.63, 3.8) is 0 Å². The quantitative estimate of drug-likeness (QED) is 0.388. The molecule has 1 aliphatic rings. The molecule has 170 valence electrons. The number of Topliss-reactive ketones (excluding diaryl/α,β-unsaturated/α-hetero) is 1. The summed E-state index contributed by atoms with van der Waals surface area (Å²) in [7, 11) is 1.57. The van der Waals surface area contributed by atoms with Gasteiger partial charge in [-0.15, -0.1) is 0 Å². The lowest BCUT2D eigenvalue weighted by atomic mass is 9.97. The van der Waals surface area contributed by atoms with E-state index in [2.05, 4.69) is 0 Å². The second kappa shape index (κ2) is 7.99. The number of amides is 1. The number of hydrogen-bond acceptors (Lipinski definition) is 5. The zero-order valence-electron chi connectivity index (χ0n) is 19.3. The van der Waals surface area contributed by atoms with E-state index in [-0.39, 0.29) is 17.0 Å². The number of fused-ring (bicyclic) bond motifs is 2. The van der Waals surface area contributed by atoms with E-state index >= 15 is 0 Å². The summed E-state index contributed by atoms with van der Waals surface area (Å²) < 4.78 is 11.5. The smallest absolute Gasteiger partial charge is 0.295 e. The molecule has 3 aromatic carbocycles. The number of hydrogen-bond donors (Lipinski definition) is 0. The van der Waals surface area contributed by atoms with Gasteiger partial charge in [-0.1, -0.05) is 12.1 Å². The first kappa shape index (κ1) is 21.6. The minimum absolute atomic E-state index is 0.0317. The molecular formula is C28H23NO5. The number of nitrogens with zero attached hydrogens (tertiary/aromatic N) is 1. The normalized spacial score (nSPS) is 15.0. The highest BCUT2D eigenvalue weighted by atomic mass is 16.5. The number of aryl methyl sites for hydroxylation is 2. The van der Waals surface area contributed by atoms with E-state index in [1.165, 1.54) is 6.92 Å². The van der Waals surface area contributed by atoms with Crippen molar-refractivity contribution in [3.05, 3.63) is 104 Å². The van der Waals surface area contributed by atoms with Crippen LogP contribution in [0, 0.1) is 13.8 Å². The molecule has 2 heterocycles. The van der Waals surface area contributed by atoms with Crippen molar-refractivity contribution in [2.75, 3.05) is 12.0 Å². The summed E-state index contributed by atoms with van der Waals surface area (Å²) >= 11 is 0. The molecule has 4 aromatic rings. The molecule has 0 aliphatic carbocycles. The molecular weight excluding hydrogens is 430 g/mol. The maximum atomic E-state index is 13.8. The highest BCUT2D eigenvalue weighted by Crippen LogP contribution is 2.42. The van der Waals surface area contributed by atoms with Crippen molar-refractivity contribution < 1.29 is 18.7 Å². The Morgan fingerprint density at radius 3 is 2.35 bits per heavy atom. The molecule has 0 spiro atoms. The first-order valence-corrected chi connectivity index (χ1v) is 11.0. The van der Waals surface area contributed by atoms with Crippen LogP contribution in [0.2, 0.25) is 0 Å². The van der Waals surface area contributed by atoms with Crippen LogP contribution < -0.4 is 15.1 Å². The van der Waals surface area contributed by atoms with E-state index in [9.17, 15) is 14.4 Å². The number of ether oxygens (including phenoxy) is 1. The Balaban J connectivity index is 1.79. The summed E-state index contributed by atoms with van der Waals surface area (Å²) in [4.78, 5) is 40.8. The Bertz CT molecular complexity index is 1530. The highest BCUT2D eigenvalue weighted by Gasteiger charge is 2.43. The molecule has 1 aliphatic heterocycles. The first-order chi connectivity index (χ1) is 16.3. The van der Waals surface area contributed by atoms with Gasteiger partial charge in [0, 0.05) is 11.3 Å². The summed E-state index contributed by atoms with van der Waals surface area (Å²) in [5.74, 6) is 0.169. The largest absolute Gasteiger partial charge is 0.497 e. The van der Waals surface area contributed by atoms with Crippen LogP contribution in [-0.2, 0) is 0 Å². The van der Waals surface area contributed by atoms with Crippen LogP contribution >= 0.6 is 0 Å². The lowest BCUT2D eigenvalue weighted by molar-refractivity contribution is 0.0970. The van der Waals surface area contributed by atoms with Gasteiger partial charge in [-0.3, -0.25) is 19.3 Å². The number of methoxy groups -OCH3 is 1. The van der Waals surface area contributed by atoms with Gasteiger partial charge in [0.25, 0.3) is 5.91 Å². The molecule has 0 N–H and O–H groups in total. The van der Waals surface area contributed by atoms with Gasteiger partial charge in [0.2, 0.25) is 5.76 Å². The molecule has 6 nitrogen and oxygen atoms in total. The average Bonchev–Trinajstić information content (AvgIpc) is 3.13. The molecule has 1 aromatic heterocycles. The summed E-state index contributed by atoms with van der Waals surface area (Å²) in [6.07, 6.45) is 0. The zero-order valence-corrected chi connectivity index (χ0v) is 19.3. The predicted octanol–water partition coefficient (Wildman–Crippen LogP) is 5.37. The lowest BCUT2D eigenvalue weighted by Crippen LogP contribution is -2.29. The predicted molar refractivity (Wildman–Crippen MR) is 130 cm³/mol. The average molecular weight is 453 g/mol. The second-order valence-electron chi connectivity index (χ2n) is 8.56. The van der Waals surface area contributed by atoms with Crippen molar-refractivity contribution in [1.29, 1.82) is 0 Å². The molecule has 0 bridgehead atoms. The highest BCUT2D eigenvalue weighted by molar-refractivity contribution is 6.11. The van der Waals surface area contributed by atoms with Crippen LogP contribution in [0.1, 0.15) is 56.1 Å². The summed E-state index contributed by atoms with van der Waals surface area (Å²) in [6.45, 7) is 5.36. The van der Waals surface area contributed by atoms with Crippen LogP contribution in [-0.4, -0.2) is 18.8 Å². The van der Waals surface area contributed by atoms with E-state index in [4.69, 9.17) is 9.15 Å². The molecule has 0 fully saturated rings. The molecule has 6 heteroatoms. The fourth-order valence-electron chi connectivity index (χ4n) is 4.48. The van der Waals surface area contributed by atoms with E-state index < -0.39 is 11.9 Å². The fraction of sp³-hybridized carbons (Fsp3) is 0.179. The first-order valence-electron chi connectivity index (χ1n) is 11.0. The summed E-state index contributed by atoms with van der Waals surface area (Å²) in [6, 6.07) is 17.0. The van der Waals surface area contributed by atoms with Crippen LogP contribution in [0.4, 0.5) is 5.69 Å². The van der Waals surface area contributed by atoms with E-state index in [0.717, 1.165) is 16.7 Å². The molecule has 5 rings (SSSR count). The van der Waals surface area contributed by atoms with Gasteiger partial charge in [-0.05, 0) is 86.0 Å². The van der Waals surface area contributed by atoms with E-state index in [1.807, 2.05) is 44.2 Å². The standard InChI is InChI=1S/C28H23NO5/c1-15-12-22-23(13-16(15)2)34-27-24(26(22)31)25(19-6-5-7-21(14-19)33-4)29(28(27)32)20-10-8-18(9-11-20)17(3)30/h5-14,25H,1-4H3. The number of benzene rings is 3. The molecule has 0 saturated carbocycles. The number of carbonyl (C=O) groups is 2. The lowest BCUT2D eigenvalue weighted by Gasteiger charge is -2.25. The minimum atomic E-state index is -0.706. The van der Waals surface area contributed by atoms with Gasteiger partial charge in [0.1, 0.15) is 11.3 Å². The molecule has 0 saturated heterocycles. The Kier molecular flexibility index (Phi) is 5.09. The van der Waals surface area contributed by atoms with Gasteiger partial charge in [0.15, 0.2) is 11.2 Å². The van der Waals surface area contributed by atoms with Crippen molar-refractivity contribution in [2.24, 2.45) is 0 Å². The molecule has 0 radical (unpaired) electrons. The third-order valence-electron chi connectivity index (χ3n) is 6.45. The maximum Gasteiger partial charge on any atom is 0.295 e. The monoisotopic (exact) mass is 453 g/mol.